The summed E-state index contributed by atoms with van der Waals surface area (Å²) in [5.74, 6) is -2.92. The summed E-state index contributed by atoms with van der Waals surface area (Å²) >= 11 is 0. The van der Waals surface area contributed by atoms with Crippen LogP contribution in [0.1, 0.15) is 105 Å². The molecule has 2 aliphatic heterocycles. The summed E-state index contributed by atoms with van der Waals surface area (Å²) < 4.78 is 54.5. The smallest absolute Gasteiger partial charge is 0.870 e. The van der Waals surface area contributed by atoms with E-state index in [9.17, 15) is 28.0 Å². The van der Waals surface area contributed by atoms with Crippen LogP contribution in [0.2, 0.25) is 0 Å². The summed E-state index contributed by atoms with van der Waals surface area (Å²) in [6, 6.07) is 3.36. The molecule has 0 bridgehead atoms. The number of carbonyl (C=O) groups excluding carboxylic acids is 3. The van der Waals surface area contributed by atoms with Crippen molar-refractivity contribution in [1.82, 2.24) is 10.6 Å². The quantitative estimate of drug-likeness (QED) is 0.240. The number of carbonyl (C=O) groups is 4. The summed E-state index contributed by atoms with van der Waals surface area (Å²) in [4.78, 5) is 47.0. The molecule has 4 rings (SSSR count). The molecule has 2 amide bonds. The number of ether oxygens (including phenoxy) is 5. The van der Waals surface area contributed by atoms with Gasteiger partial charge in [-0.25, -0.2) is 28.0 Å². The van der Waals surface area contributed by atoms with E-state index in [4.69, 9.17) is 28.8 Å². The molecule has 0 aliphatic carbocycles. The van der Waals surface area contributed by atoms with Crippen LogP contribution in [0.5, 0.6) is 11.5 Å². The van der Waals surface area contributed by atoms with Gasteiger partial charge in [-0.3, -0.25) is 0 Å². The molecule has 0 spiro atoms. The van der Waals surface area contributed by atoms with E-state index >= 15 is 0 Å². The van der Waals surface area contributed by atoms with Crippen LogP contribution in [-0.2, 0) is 14.2 Å². The fourth-order valence-electron chi connectivity index (χ4n) is 4.68. The van der Waals surface area contributed by atoms with E-state index in [0.29, 0.717) is 12.8 Å². The van der Waals surface area contributed by atoms with E-state index in [1.54, 1.807) is 48.5 Å². The van der Waals surface area contributed by atoms with Crippen LogP contribution in [0, 0.1) is 11.6 Å². The Bertz CT molecular complexity index is 1480. The van der Waals surface area contributed by atoms with Crippen LogP contribution in [0.4, 0.5) is 18.4 Å². The third-order valence-electron chi connectivity index (χ3n) is 6.40. The minimum atomic E-state index is -1.21. The van der Waals surface area contributed by atoms with Crippen molar-refractivity contribution in [2.45, 2.75) is 84.6 Å². The van der Waals surface area contributed by atoms with E-state index in [-0.39, 0.29) is 77.9 Å². The summed E-state index contributed by atoms with van der Waals surface area (Å²) in [6.45, 7) is 12.7. The van der Waals surface area contributed by atoms with Gasteiger partial charge in [-0.15, -0.1) is 0 Å². The molecular weight excluding hydrogens is 633 g/mol. The molecule has 0 radical (unpaired) electrons. The molecule has 0 unspecified atom stereocenters. The van der Waals surface area contributed by atoms with Gasteiger partial charge in [-0.05, 0) is 72.7 Å². The van der Waals surface area contributed by atoms with Gasteiger partial charge in [-0.1, -0.05) is 0 Å². The summed E-state index contributed by atoms with van der Waals surface area (Å²) in [7, 11) is 0. The number of esters is 1. The Morgan fingerprint density at radius 1 is 0.792 bits per heavy atom. The van der Waals surface area contributed by atoms with Gasteiger partial charge in [-0.2, -0.15) is 0 Å². The van der Waals surface area contributed by atoms with Gasteiger partial charge in [0.15, 0.2) is 0 Å². The van der Waals surface area contributed by atoms with E-state index in [1.165, 1.54) is 12.1 Å². The molecule has 16 heteroatoms. The first-order valence-electron chi connectivity index (χ1n) is 14.7. The number of carboxylic acids is 1. The number of benzene rings is 2. The molecule has 2 aliphatic rings. The number of rotatable bonds is 5. The second-order valence-electron chi connectivity index (χ2n) is 12.4. The molecule has 0 saturated carbocycles. The molecule has 48 heavy (non-hydrogen) atoms. The van der Waals surface area contributed by atoms with Crippen LogP contribution in [-0.4, -0.2) is 65.7 Å². The minimum Gasteiger partial charge on any atom is -0.870 e. The summed E-state index contributed by atoms with van der Waals surface area (Å²) in [5, 5.41) is 14.3. The maximum absolute atomic E-state index is 14.3. The largest absolute Gasteiger partial charge is 1.00 e. The average Bonchev–Trinajstić information content (AvgIpc) is 2.91. The van der Waals surface area contributed by atoms with Crippen molar-refractivity contribution in [2.24, 2.45) is 0 Å². The van der Waals surface area contributed by atoms with Gasteiger partial charge in [0, 0.05) is 12.8 Å². The standard InChI is InChI=1S/C17H22FNO5.C15H18FNO5.Li.H2O/c1-5-22-15(20)10-6-7-11(18)13-12(8-9-23-14(10)13)19-16(21)24-17(2,3)4;1-15(2,3)22-14(20)17-10-6-7-21-12-8(13(18)19)4-5-9(16)11(10)12;;/h6-7,12H,5,8-9H2,1-4H3,(H,19,21);4-5,10H,6-7H2,1-3H3,(H,17,20)(H,18,19);;1H2/q;;+1;/p-1/t12-;10-;;/m00../s1. The van der Waals surface area contributed by atoms with Gasteiger partial charge in [0.05, 0.1) is 43.0 Å². The van der Waals surface area contributed by atoms with Crippen LogP contribution < -0.4 is 39.0 Å². The number of nitrogens with one attached hydrogen (secondary N) is 2. The Morgan fingerprint density at radius 2 is 1.19 bits per heavy atom. The van der Waals surface area contributed by atoms with E-state index in [0.717, 1.165) is 12.1 Å². The van der Waals surface area contributed by atoms with Gasteiger partial charge >= 0.3 is 43.0 Å². The molecule has 2 heterocycles. The monoisotopic (exact) mass is 674 g/mol. The molecule has 13 nitrogen and oxygen atoms in total. The zero-order valence-electron chi connectivity index (χ0n) is 28.3. The molecule has 0 saturated heterocycles. The maximum Gasteiger partial charge on any atom is 1.00 e. The number of hydrogen-bond acceptors (Lipinski definition) is 10. The van der Waals surface area contributed by atoms with Gasteiger partial charge in [0.25, 0.3) is 0 Å². The number of hydrogen-bond donors (Lipinski definition) is 3. The molecule has 0 aromatic heterocycles. The molecule has 2 atom stereocenters. The second kappa shape index (κ2) is 17.4. The SMILES string of the molecule is CC(C)(C)OC(=O)N[C@H]1CCOc2c(C(=O)O)ccc(F)c21.CCOC(=O)c1ccc(F)c2c1OCC[C@@H]2NC(=O)OC(C)(C)C.[Li+].[OH-]. The van der Waals surface area contributed by atoms with E-state index in [1.807, 2.05) is 0 Å². The van der Waals surface area contributed by atoms with Crippen molar-refractivity contribution in [2.75, 3.05) is 19.8 Å². The van der Waals surface area contributed by atoms with Crippen LogP contribution >= 0.6 is 0 Å². The van der Waals surface area contributed by atoms with Gasteiger partial charge in [0.1, 0.15) is 45.5 Å². The Hall–Kier alpha value is -4.06. The molecule has 260 valence electrons. The number of amides is 2. The third-order valence-corrected chi connectivity index (χ3v) is 6.40. The van der Waals surface area contributed by atoms with Crippen molar-refractivity contribution in [3.05, 3.63) is 58.2 Å². The molecular formula is C32H41F2LiN2O11. The van der Waals surface area contributed by atoms with Crippen molar-refractivity contribution in [3.63, 3.8) is 0 Å². The Labute approximate surface area is 289 Å². The Kier molecular flexibility index (Phi) is 15.2. The van der Waals surface area contributed by atoms with Crippen LogP contribution in [0.3, 0.4) is 0 Å². The normalized spacial score (nSPS) is 16.2. The van der Waals surface area contributed by atoms with E-state index in [2.05, 4.69) is 10.6 Å². The van der Waals surface area contributed by atoms with Crippen molar-refractivity contribution < 1.29 is 81.1 Å². The Morgan fingerprint density at radius 3 is 1.56 bits per heavy atom. The van der Waals surface area contributed by atoms with Gasteiger partial charge < -0.3 is 44.9 Å². The third kappa shape index (κ3) is 11.3. The first-order chi connectivity index (χ1) is 21.4. The van der Waals surface area contributed by atoms with Gasteiger partial charge in [0.2, 0.25) is 0 Å². The van der Waals surface area contributed by atoms with Crippen molar-refractivity contribution in [3.8, 4) is 11.5 Å². The fraction of sp³-hybridized carbons (Fsp3) is 0.500. The average molecular weight is 675 g/mol. The van der Waals surface area contributed by atoms with Crippen LogP contribution in [0.15, 0.2) is 24.3 Å². The number of aromatic carboxylic acids is 1. The number of fused-ring (bicyclic) bond motifs is 2. The first kappa shape index (κ1) is 42.0. The van der Waals surface area contributed by atoms with Crippen LogP contribution in [0.25, 0.3) is 0 Å². The summed E-state index contributed by atoms with van der Waals surface area (Å²) in [5.41, 5.74) is -1.16. The first-order valence-corrected chi connectivity index (χ1v) is 14.7. The molecule has 2 aromatic carbocycles. The predicted molar refractivity (Wildman–Crippen MR) is 162 cm³/mol. The van der Waals surface area contributed by atoms with Crippen molar-refractivity contribution >= 4 is 24.1 Å². The minimum absolute atomic E-state index is 0. The molecule has 2 aromatic rings. The molecule has 4 N–H and O–H groups in total. The zero-order chi connectivity index (χ0) is 34.4. The molecule has 0 fully saturated rings. The second-order valence-corrected chi connectivity index (χ2v) is 12.4. The number of halogens is 2. The predicted octanol–water partition coefficient (Wildman–Crippen LogP) is 3.05. The Balaban J connectivity index is 0.000000462. The van der Waals surface area contributed by atoms with Crippen molar-refractivity contribution in [1.29, 1.82) is 0 Å². The zero-order valence-corrected chi connectivity index (χ0v) is 28.3. The number of carboxylic acid groups (broad SMARTS) is 1. The summed E-state index contributed by atoms with van der Waals surface area (Å²) in [6.07, 6.45) is -0.645. The fourth-order valence-corrected chi connectivity index (χ4v) is 4.68. The number of alkyl carbamates (subject to hydrolysis) is 2. The maximum atomic E-state index is 14.3. The topological polar surface area (TPSA) is 189 Å². The van der Waals surface area contributed by atoms with E-state index < -0.39 is 59.0 Å².